The lowest BCUT2D eigenvalue weighted by Gasteiger charge is -1.65. The van der Waals surface area contributed by atoms with Crippen molar-refractivity contribution >= 4 is 12.2 Å². The Morgan fingerprint density at radius 2 is 2.50 bits per heavy atom. The molecule has 0 unspecified atom stereocenters. The van der Waals surface area contributed by atoms with Crippen LogP contribution in [0.25, 0.3) is 0 Å². The molecule has 1 heterocycles. The number of hydrogen-bond acceptors (Lipinski definition) is 3. The van der Waals surface area contributed by atoms with Gasteiger partial charge in [0.15, 0.2) is 0 Å². The van der Waals surface area contributed by atoms with Crippen LogP contribution in [0.3, 0.4) is 0 Å². The second-order valence-corrected chi connectivity index (χ2v) is 1.52. The van der Waals surface area contributed by atoms with Crippen LogP contribution >= 0.6 is 12.2 Å². The van der Waals surface area contributed by atoms with Crippen molar-refractivity contribution in [2.45, 2.75) is 6.92 Å². The van der Waals surface area contributed by atoms with E-state index in [1.54, 1.807) is 6.92 Å². The van der Waals surface area contributed by atoms with Crippen molar-refractivity contribution in [3.8, 4) is 0 Å². The molecule has 0 spiro atoms. The van der Waals surface area contributed by atoms with E-state index >= 15 is 0 Å². The first-order valence-corrected chi connectivity index (χ1v) is 2.22. The van der Waals surface area contributed by atoms with Crippen LogP contribution in [0.15, 0.2) is 4.52 Å². The second kappa shape index (κ2) is 2.56. The summed E-state index contributed by atoms with van der Waals surface area (Å²) < 4.78 is 4.54. The molecule has 0 radical (unpaired) electrons. The van der Waals surface area contributed by atoms with Gasteiger partial charge in [-0.15, -0.1) is 0 Å². The highest BCUT2D eigenvalue weighted by Crippen LogP contribution is 1.84. The summed E-state index contributed by atoms with van der Waals surface area (Å²) in [5.41, 5.74) is 0. The molecule has 0 bridgehead atoms. The topological polar surface area (TPSA) is 41.8 Å². The summed E-state index contributed by atoms with van der Waals surface area (Å²) in [4.78, 5) is 3.97. The standard InChI is InChI=1S/C3H4N2OS.FH.H2/c1-2-4-3(7)6-5-2;;/h1H3,(H,4,5,7);2*1H. The van der Waals surface area contributed by atoms with Gasteiger partial charge in [0, 0.05) is 1.43 Å². The first kappa shape index (κ1) is 7.29. The summed E-state index contributed by atoms with van der Waals surface area (Å²) in [6.45, 7) is 1.78. The first-order valence-electron chi connectivity index (χ1n) is 1.81. The molecule has 0 amide bonds. The summed E-state index contributed by atoms with van der Waals surface area (Å²) in [6.07, 6.45) is 0. The van der Waals surface area contributed by atoms with Gasteiger partial charge in [0.05, 0.1) is 0 Å². The lowest BCUT2D eigenvalue weighted by molar-refractivity contribution is 0.400. The van der Waals surface area contributed by atoms with E-state index in [9.17, 15) is 0 Å². The minimum absolute atomic E-state index is 0. The van der Waals surface area contributed by atoms with Crippen LogP contribution in [0.2, 0.25) is 0 Å². The molecular weight excluding hydrogens is 131 g/mol. The third-order valence-corrected chi connectivity index (χ3v) is 0.720. The van der Waals surface area contributed by atoms with Crippen molar-refractivity contribution < 1.29 is 10.7 Å². The fourth-order valence-electron chi connectivity index (χ4n) is 0.300. The van der Waals surface area contributed by atoms with Crippen LogP contribution in [0.1, 0.15) is 7.25 Å². The Morgan fingerprint density at radius 3 is 2.62 bits per heavy atom. The number of aromatic nitrogens is 2. The molecule has 0 fully saturated rings. The maximum absolute atomic E-state index is 4.54. The lowest BCUT2D eigenvalue weighted by atomic mass is 10.8. The average molecular weight is 138 g/mol. The molecule has 0 atom stereocenters. The Hall–Kier alpha value is -0.710. The van der Waals surface area contributed by atoms with E-state index in [-0.39, 0.29) is 11.0 Å². The number of nitrogens with one attached hydrogen (secondary N) is 1. The molecule has 3 nitrogen and oxygen atoms in total. The Bertz CT molecular complexity index is 210. The summed E-state index contributed by atoms with van der Waals surface area (Å²) in [7, 11) is 0. The van der Waals surface area contributed by atoms with Crippen LogP contribution in [0, 0.1) is 11.8 Å². The Kier molecular flexibility index (Phi) is 2.33. The fraction of sp³-hybridized carbons (Fsp3) is 0.333. The largest absolute Gasteiger partial charge is 0.348 e. The molecule has 1 N–H and O–H groups in total. The molecule has 1 aromatic heterocycles. The molecule has 0 aliphatic carbocycles. The fourth-order valence-corrected chi connectivity index (χ4v) is 0.479. The van der Waals surface area contributed by atoms with Crippen molar-refractivity contribution in [3.05, 3.63) is 10.7 Å². The molecule has 0 saturated heterocycles. The van der Waals surface area contributed by atoms with Crippen LogP contribution in [-0.4, -0.2) is 10.1 Å². The van der Waals surface area contributed by atoms with Crippen LogP contribution in [-0.2, 0) is 0 Å². The molecule has 8 heavy (non-hydrogen) atoms. The predicted octanol–water partition coefficient (Wildman–Crippen LogP) is 1.44. The van der Waals surface area contributed by atoms with Crippen molar-refractivity contribution in [1.29, 1.82) is 0 Å². The zero-order valence-electron chi connectivity index (χ0n) is 4.17. The van der Waals surface area contributed by atoms with Crippen LogP contribution in [0.4, 0.5) is 4.70 Å². The Balaban J connectivity index is 0. The number of hydrogen-bond donors (Lipinski definition) is 1. The first-order chi connectivity index (χ1) is 3.29. The third-order valence-electron chi connectivity index (χ3n) is 0.545. The van der Waals surface area contributed by atoms with Gasteiger partial charge < -0.3 is 4.52 Å². The van der Waals surface area contributed by atoms with Crippen LogP contribution in [0.5, 0.6) is 0 Å². The van der Waals surface area contributed by atoms with E-state index in [2.05, 4.69) is 26.9 Å². The minimum atomic E-state index is 0. The quantitative estimate of drug-likeness (QED) is 0.551. The number of nitrogens with zero attached hydrogens (tertiary/aromatic N) is 1. The number of aromatic amines is 1. The minimum Gasteiger partial charge on any atom is -0.348 e. The molecule has 1 rings (SSSR count). The molecule has 1 aromatic rings. The van der Waals surface area contributed by atoms with E-state index in [0.29, 0.717) is 5.82 Å². The number of rotatable bonds is 0. The average Bonchev–Trinajstić information content (AvgIpc) is 1.87. The molecule has 48 valence electrons. The summed E-state index contributed by atoms with van der Waals surface area (Å²) in [5.74, 6) is 0.713. The Morgan fingerprint density at radius 1 is 1.88 bits per heavy atom. The molecule has 0 aliphatic rings. The van der Waals surface area contributed by atoms with Crippen LogP contribution < -0.4 is 0 Å². The molecule has 0 aromatic carbocycles. The van der Waals surface area contributed by atoms with Crippen molar-refractivity contribution in [2.75, 3.05) is 0 Å². The maximum atomic E-state index is 4.54. The zero-order valence-corrected chi connectivity index (χ0v) is 4.99. The highest BCUT2D eigenvalue weighted by Gasteiger charge is 1.83. The van der Waals surface area contributed by atoms with Gasteiger partial charge in [0.25, 0.3) is 0 Å². The normalized spacial score (nSPS) is 8.12. The van der Waals surface area contributed by atoms with Gasteiger partial charge in [-0.1, -0.05) is 0 Å². The zero-order chi connectivity index (χ0) is 5.28. The SMILES string of the molecule is Cc1nc(=S)o[nH]1.F.[HH]. The monoisotopic (exact) mass is 138 g/mol. The smallest absolute Gasteiger partial charge is 0.314 e. The summed E-state index contributed by atoms with van der Waals surface area (Å²) in [5, 5.41) is 2.48. The van der Waals surface area contributed by atoms with Crippen molar-refractivity contribution in [1.82, 2.24) is 10.1 Å². The Labute approximate surface area is 51.6 Å². The highest BCUT2D eigenvalue weighted by atomic mass is 32.1. The number of halogens is 1. The van der Waals surface area contributed by atoms with E-state index in [0.717, 1.165) is 0 Å². The molecule has 0 aliphatic heterocycles. The van der Waals surface area contributed by atoms with E-state index in [1.165, 1.54) is 0 Å². The van der Waals surface area contributed by atoms with Gasteiger partial charge in [0.1, 0.15) is 5.82 Å². The van der Waals surface area contributed by atoms with Gasteiger partial charge in [-0.2, -0.15) is 4.98 Å². The van der Waals surface area contributed by atoms with E-state index in [4.69, 9.17) is 0 Å². The van der Waals surface area contributed by atoms with Gasteiger partial charge in [-0.25, -0.2) is 5.16 Å². The van der Waals surface area contributed by atoms with Crippen molar-refractivity contribution in [2.24, 2.45) is 0 Å². The second-order valence-electron chi connectivity index (χ2n) is 1.17. The maximum Gasteiger partial charge on any atom is 0.314 e. The predicted molar refractivity (Wildman–Crippen MR) is 31.0 cm³/mol. The molecule has 0 saturated carbocycles. The van der Waals surface area contributed by atoms with Crippen molar-refractivity contribution in [3.63, 3.8) is 0 Å². The van der Waals surface area contributed by atoms with Gasteiger partial charge >= 0.3 is 4.84 Å². The highest BCUT2D eigenvalue weighted by molar-refractivity contribution is 7.71. The third kappa shape index (κ3) is 1.42. The summed E-state index contributed by atoms with van der Waals surface area (Å²) in [6, 6.07) is 0. The van der Waals surface area contributed by atoms with E-state index in [1.807, 2.05) is 0 Å². The molecular formula is C3H7FN2OS. The molecule has 5 heteroatoms. The van der Waals surface area contributed by atoms with Gasteiger partial charge in [0.2, 0.25) is 0 Å². The lowest BCUT2D eigenvalue weighted by Crippen LogP contribution is -1.67. The number of aryl methyl sites for hydroxylation is 1. The summed E-state index contributed by atoms with van der Waals surface area (Å²) >= 11 is 4.52. The van der Waals surface area contributed by atoms with Gasteiger partial charge in [-0.05, 0) is 19.1 Å². The van der Waals surface area contributed by atoms with E-state index < -0.39 is 0 Å². The number of H-pyrrole nitrogens is 1. The van der Waals surface area contributed by atoms with Gasteiger partial charge in [-0.3, -0.25) is 4.70 Å².